The Labute approximate surface area is 150 Å². The fourth-order valence-electron chi connectivity index (χ4n) is 2.73. The Balaban J connectivity index is 1.76. The van der Waals surface area contributed by atoms with E-state index in [-0.39, 0.29) is 12.5 Å². The van der Waals surface area contributed by atoms with Crippen molar-refractivity contribution in [2.75, 3.05) is 11.4 Å². The summed E-state index contributed by atoms with van der Waals surface area (Å²) in [7, 11) is 0. The van der Waals surface area contributed by atoms with Crippen LogP contribution in [0, 0.1) is 11.3 Å². The van der Waals surface area contributed by atoms with E-state index >= 15 is 0 Å². The van der Waals surface area contributed by atoms with E-state index in [9.17, 15) is 9.59 Å². The summed E-state index contributed by atoms with van der Waals surface area (Å²) >= 11 is 6.18. The second-order valence-electron chi connectivity index (χ2n) is 5.66. The smallest absolute Gasteiger partial charge is 0.338 e. The number of carbonyl (C=O) groups is 2. The molecule has 0 saturated carbocycles. The molecule has 0 radical (unpaired) electrons. The number of ether oxygens (including phenoxy) is 1. The third-order valence-electron chi connectivity index (χ3n) is 4.04. The molecule has 0 spiro atoms. The van der Waals surface area contributed by atoms with Crippen molar-refractivity contribution in [2.24, 2.45) is 0 Å². The van der Waals surface area contributed by atoms with Gasteiger partial charge in [-0.3, -0.25) is 4.79 Å². The first-order valence-electron chi connectivity index (χ1n) is 7.85. The summed E-state index contributed by atoms with van der Waals surface area (Å²) in [5.74, 6) is -0.535. The summed E-state index contributed by atoms with van der Waals surface area (Å²) in [5, 5.41) is 9.49. The largest absolute Gasteiger partial charge is 0.457 e. The molecule has 1 aliphatic rings. The van der Waals surface area contributed by atoms with Gasteiger partial charge in [0.05, 0.1) is 27.9 Å². The van der Waals surface area contributed by atoms with Gasteiger partial charge in [-0.25, -0.2) is 4.79 Å². The van der Waals surface area contributed by atoms with Gasteiger partial charge in [-0.1, -0.05) is 29.8 Å². The number of hydrogen-bond acceptors (Lipinski definition) is 4. The van der Waals surface area contributed by atoms with Crippen molar-refractivity contribution in [3.05, 3.63) is 64.2 Å². The fourth-order valence-corrected chi connectivity index (χ4v) is 2.95. The van der Waals surface area contributed by atoms with Crippen LogP contribution in [-0.4, -0.2) is 18.4 Å². The highest BCUT2D eigenvalue weighted by Crippen LogP contribution is 2.30. The van der Waals surface area contributed by atoms with Gasteiger partial charge >= 0.3 is 5.97 Å². The first-order valence-corrected chi connectivity index (χ1v) is 8.23. The minimum Gasteiger partial charge on any atom is -0.457 e. The van der Waals surface area contributed by atoms with Crippen LogP contribution in [0.2, 0.25) is 5.02 Å². The highest BCUT2D eigenvalue weighted by atomic mass is 35.5. The molecule has 1 fully saturated rings. The van der Waals surface area contributed by atoms with Crippen LogP contribution in [0.15, 0.2) is 42.5 Å². The van der Waals surface area contributed by atoms with E-state index in [0.717, 1.165) is 6.42 Å². The molecule has 0 unspecified atom stereocenters. The predicted octanol–water partition coefficient (Wildman–Crippen LogP) is 3.70. The predicted molar refractivity (Wildman–Crippen MR) is 93.3 cm³/mol. The van der Waals surface area contributed by atoms with E-state index in [2.05, 4.69) is 6.07 Å². The van der Waals surface area contributed by atoms with Gasteiger partial charge in [-0.15, -0.1) is 0 Å². The van der Waals surface area contributed by atoms with Crippen molar-refractivity contribution >= 4 is 29.2 Å². The molecule has 25 heavy (non-hydrogen) atoms. The van der Waals surface area contributed by atoms with Gasteiger partial charge in [0.25, 0.3) is 0 Å². The Bertz CT molecular complexity index is 873. The number of benzene rings is 2. The van der Waals surface area contributed by atoms with E-state index in [1.54, 1.807) is 47.4 Å². The summed E-state index contributed by atoms with van der Waals surface area (Å²) in [4.78, 5) is 25.8. The van der Waals surface area contributed by atoms with Crippen LogP contribution < -0.4 is 4.90 Å². The van der Waals surface area contributed by atoms with Crippen LogP contribution in [0.4, 0.5) is 5.69 Å². The number of nitriles is 1. The molecular formula is C19H15ClN2O3. The number of halogens is 1. The third-order valence-corrected chi connectivity index (χ3v) is 4.36. The average molecular weight is 355 g/mol. The normalized spacial score (nSPS) is 13.6. The summed E-state index contributed by atoms with van der Waals surface area (Å²) in [6.45, 7) is 0.593. The van der Waals surface area contributed by atoms with Crippen LogP contribution in [0.1, 0.15) is 34.3 Å². The Morgan fingerprint density at radius 2 is 2.08 bits per heavy atom. The molecule has 6 heteroatoms. The average Bonchev–Trinajstić information content (AvgIpc) is 3.06. The van der Waals surface area contributed by atoms with Crippen molar-refractivity contribution in [2.45, 2.75) is 19.4 Å². The maximum Gasteiger partial charge on any atom is 0.338 e. The first kappa shape index (κ1) is 17.0. The lowest BCUT2D eigenvalue weighted by Crippen LogP contribution is -2.24. The molecule has 0 aromatic heterocycles. The van der Waals surface area contributed by atoms with Crippen LogP contribution in [0.3, 0.4) is 0 Å². The monoisotopic (exact) mass is 354 g/mol. The highest BCUT2D eigenvalue weighted by molar-refractivity contribution is 6.34. The van der Waals surface area contributed by atoms with Crippen LogP contribution in [0.25, 0.3) is 0 Å². The number of amides is 1. The maximum atomic E-state index is 12.3. The highest BCUT2D eigenvalue weighted by Gasteiger charge is 2.24. The number of anilines is 1. The molecule has 0 N–H and O–H groups in total. The molecule has 2 aromatic rings. The molecular weight excluding hydrogens is 340 g/mol. The standard InChI is InChI=1S/C19H15ClN2O3/c20-16-8-7-13(10-17(16)22-9-3-6-18(22)23)19(24)25-12-15-5-2-1-4-14(15)11-21/h1-2,4-5,7-8,10H,3,6,9,12H2. The Morgan fingerprint density at radius 1 is 1.28 bits per heavy atom. The molecule has 3 rings (SSSR count). The Kier molecular flexibility index (Phi) is 5.01. The van der Waals surface area contributed by atoms with Gasteiger partial charge in [0, 0.05) is 18.5 Å². The fraction of sp³-hybridized carbons (Fsp3) is 0.211. The summed E-state index contributed by atoms with van der Waals surface area (Å²) < 4.78 is 5.30. The second-order valence-corrected chi connectivity index (χ2v) is 6.07. The molecule has 0 aliphatic carbocycles. The summed E-state index contributed by atoms with van der Waals surface area (Å²) in [6, 6.07) is 13.7. The molecule has 0 atom stereocenters. The first-order chi connectivity index (χ1) is 12.1. The van der Waals surface area contributed by atoms with E-state index in [1.807, 2.05) is 0 Å². The van der Waals surface area contributed by atoms with Crippen LogP contribution in [0.5, 0.6) is 0 Å². The van der Waals surface area contributed by atoms with Gasteiger partial charge in [0.1, 0.15) is 6.61 Å². The van der Waals surface area contributed by atoms with Crippen molar-refractivity contribution in [1.29, 1.82) is 5.26 Å². The Morgan fingerprint density at radius 3 is 2.80 bits per heavy atom. The second kappa shape index (κ2) is 7.37. The molecule has 1 heterocycles. The van der Waals surface area contributed by atoms with Crippen molar-refractivity contribution in [3.8, 4) is 6.07 Å². The van der Waals surface area contributed by atoms with Gasteiger partial charge in [-0.2, -0.15) is 5.26 Å². The summed E-state index contributed by atoms with van der Waals surface area (Å²) in [6.07, 6.45) is 1.25. The molecule has 126 valence electrons. The number of esters is 1. The number of nitrogens with zero attached hydrogens (tertiary/aromatic N) is 2. The quantitative estimate of drug-likeness (QED) is 0.785. The van der Waals surface area contributed by atoms with E-state index in [0.29, 0.717) is 40.4 Å². The van der Waals surface area contributed by atoms with Crippen molar-refractivity contribution in [1.82, 2.24) is 0 Å². The molecule has 0 bridgehead atoms. The lowest BCUT2D eigenvalue weighted by molar-refractivity contribution is -0.117. The molecule has 2 aromatic carbocycles. The summed E-state index contributed by atoms with van der Waals surface area (Å²) in [5.41, 5.74) is 1.95. The molecule has 1 amide bonds. The van der Waals surface area contributed by atoms with Gasteiger partial charge in [-0.05, 0) is 30.7 Å². The van der Waals surface area contributed by atoms with Gasteiger partial charge < -0.3 is 9.64 Å². The van der Waals surface area contributed by atoms with E-state index in [1.165, 1.54) is 0 Å². The third kappa shape index (κ3) is 3.65. The van der Waals surface area contributed by atoms with E-state index < -0.39 is 5.97 Å². The maximum absolute atomic E-state index is 12.3. The molecule has 1 saturated heterocycles. The van der Waals surface area contributed by atoms with Gasteiger partial charge in [0.15, 0.2) is 0 Å². The Hall–Kier alpha value is -2.84. The SMILES string of the molecule is N#Cc1ccccc1COC(=O)c1ccc(Cl)c(N2CCCC2=O)c1. The zero-order chi connectivity index (χ0) is 17.8. The number of carbonyl (C=O) groups excluding carboxylic acids is 2. The zero-order valence-electron chi connectivity index (χ0n) is 13.4. The van der Waals surface area contributed by atoms with Crippen LogP contribution >= 0.6 is 11.6 Å². The minimum absolute atomic E-state index is 0.00315. The van der Waals surface area contributed by atoms with Crippen LogP contribution in [-0.2, 0) is 16.1 Å². The van der Waals surface area contributed by atoms with Crippen molar-refractivity contribution < 1.29 is 14.3 Å². The molecule has 1 aliphatic heterocycles. The number of rotatable bonds is 4. The van der Waals surface area contributed by atoms with E-state index in [4.69, 9.17) is 21.6 Å². The topological polar surface area (TPSA) is 70.4 Å². The van der Waals surface area contributed by atoms with Crippen molar-refractivity contribution in [3.63, 3.8) is 0 Å². The lowest BCUT2D eigenvalue weighted by atomic mass is 10.1. The number of hydrogen-bond donors (Lipinski definition) is 0. The zero-order valence-corrected chi connectivity index (χ0v) is 14.1. The lowest BCUT2D eigenvalue weighted by Gasteiger charge is -2.18. The molecule has 5 nitrogen and oxygen atoms in total. The van der Waals surface area contributed by atoms with Gasteiger partial charge in [0.2, 0.25) is 5.91 Å². The minimum atomic E-state index is -0.530.